The number of hydrogen-bond acceptors (Lipinski definition) is 3. The van der Waals surface area contributed by atoms with Crippen LogP contribution in [0.2, 0.25) is 5.02 Å². The molecule has 4 heteroatoms. The summed E-state index contributed by atoms with van der Waals surface area (Å²) < 4.78 is 10.4. The molecule has 0 amide bonds. The van der Waals surface area contributed by atoms with Crippen molar-refractivity contribution in [1.29, 1.82) is 0 Å². The SMILES string of the molecule is COc1cc(Cl)c(C(=O)C2C(C)(C)C2(C)C)cc1OC. The van der Waals surface area contributed by atoms with Gasteiger partial charge in [-0.15, -0.1) is 0 Å². The van der Waals surface area contributed by atoms with Crippen LogP contribution in [0.3, 0.4) is 0 Å². The maximum absolute atomic E-state index is 12.7. The Bertz CT molecular complexity index is 547. The van der Waals surface area contributed by atoms with Gasteiger partial charge < -0.3 is 9.47 Å². The predicted octanol–water partition coefficient (Wildman–Crippen LogP) is 4.22. The summed E-state index contributed by atoms with van der Waals surface area (Å²) in [7, 11) is 3.09. The molecule has 0 spiro atoms. The summed E-state index contributed by atoms with van der Waals surface area (Å²) in [6.45, 7) is 8.46. The summed E-state index contributed by atoms with van der Waals surface area (Å²) in [6, 6.07) is 3.31. The first kappa shape index (κ1) is 15.2. The molecule has 1 aromatic rings. The van der Waals surface area contributed by atoms with Gasteiger partial charge in [-0.2, -0.15) is 0 Å². The zero-order chi connectivity index (χ0) is 15.3. The van der Waals surface area contributed by atoms with Crippen molar-refractivity contribution in [2.24, 2.45) is 16.7 Å². The van der Waals surface area contributed by atoms with E-state index in [0.717, 1.165) is 0 Å². The van der Waals surface area contributed by atoms with Crippen LogP contribution in [0.5, 0.6) is 11.5 Å². The highest BCUT2D eigenvalue weighted by Crippen LogP contribution is 2.69. The Balaban J connectivity index is 2.42. The van der Waals surface area contributed by atoms with Gasteiger partial charge >= 0.3 is 0 Å². The van der Waals surface area contributed by atoms with Crippen molar-refractivity contribution in [2.45, 2.75) is 27.7 Å². The topological polar surface area (TPSA) is 35.5 Å². The number of ketones is 1. The molecule has 1 saturated carbocycles. The normalized spacial score (nSPS) is 19.6. The number of carbonyl (C=O) groups excluding carboxylic acids is 1. The maximum atomic E-state index is 12.7. The van der Waals surface area contributed by atoms with Gasteiger partial charge in [0, 0.05) is 17.5 Å². The molecular weight excluding hydrogens is 276 g/mol. The molecule has 3 nitrogen and oxygen atoms in total. The Labute approximate surface area is 125 Å². The Morgan fingerprint density at radius 3 is 1.90 bits per heavy atom. The van der Waals surface area contributed by atoms with Crippen LogP contribution in [-0.4, -0.2) is 20.0 Å². The lowest BCUT2D eigenvalue weighted by atomic mass is 10.0. The molecular formula is C16H21ClO3. The number of methoxy groups -OCH3 is 2. The Morgan fingerprint density at radius 1 is 1.05 bits per heavy atom. The maximum Gasteiger partial charge on any atom is 0.168 e. The van der Waals surface area contributed by atoms with Crippen LogP contribution in [0.25, 0.3) is 0 Å². The van der Waals surface area contributed by atoms with Gasteiger partial charge in [-0.25, -0.2) is 0 Å². The number of hydrogen-bond donors (Lipinski definition) is 0. The van der Waals surface area contributed by atoms with Gasteiger partial charge in [0.05, 0.1) is 19.2 Å². The quantitative estimate of drug-likeness (QED) is 0.780. The molecule has 0 N–H and O–H groups in total. The van der Waals surface area contributed by atoms with E-state index in [9.17, 15) is 4.79 Å². The Kier molecular flexibility index (Phi) is 3.53. The van der Waals surface area contributed by atoms with E-state index in [0.29, 0.717) is 22.1 Å². The van der Waals surface area contributed by atoms with E-state index in [1.165, 1.54) is 0 Å². The number of carbonyl (C=O) groups is 1. The molecule has 0 heterocycles. The highest BCUT2D eigenvalue weighted by atomic mass is 35.5. The van der Waals surface area contributed by atoms with Gasteiger partial charge in [-0.1, -0.05) is 39.3 Å². The van der Waals surface area contributed by atoms with Crippen molar-refractivity contribution in [3.8, 4) is 11.5 Å². The van der Waals surface area contributed by atoms with Crippen LogP contribution in [0, 0.1) is 16.7 Å². The van der Waals surface area contributed by atoms with Crippen molar-refractivity contribution in [2.75, 3.05) is 14.2 Å². The molecule has 0 aliphatic heterocycles. The van der Waals surface area contributed by atoms with E-state index >= 15 is 0 Å². The predicted molar refractivity (Wildman–Crippen MR) is 79.9 cm³/mol. The smallest absolute Gasteiger partial charge is 0.168 e. The molecule has 0 radical (unpaired) electrons. The molecule has 1 aliphatic rings. The van der Waals surface area contributed by atoms with Gasteiger partial charge in [0.2, 0.25) is 0 Å². The monoisotopic (exact) mass is 296 g/mol. The summed E-state index contributed by atoms with van der Waals surface area (Å²) in [5, 5.41) is 0.408. The van der Waals surface area contributed by atoms with Crippen LogP contribution in [0.1, 0.15) is 38.1 Å². The molecule has 0 aromatic heterocycles. The minimum absolute atomic E-state index is 0.0133. The number of ether oxygens (including phenoxy) is 2. The average Bonchev–Trinajstić information content (AvgIpc) is 2.78. The summed E-state index contributed by atoms with van der Waals surface area (Å²) in [5.41, 5.74) is 0.481. The first-order valence-corrected chi connectivity index (χ1v) is 7.02. The van der Waals surface area contributed by atoms with Crippen molar-refractivity contribution in [1.82, 2.24) is 0 Å². The molecule has 0 bridgehead atoms. The molecule has 0 unspecified atom stereocenters. The molecule has 1 fully saturated rings. The van der Waals surface area contributed by atoms with Crippen molar-refractivity contribution in [3.05, 3.63) is 22.7 Å². The number of benzene rings is 1. The summed E-state index contributed by atoms with van der Waals surface area (Å²) in [5.74, 6) is 1.11. The molecule has 1 aliphatic carbocycles. The fraction of sp³-hybridized carbons (Fsp3) is 0.562. The molecule has 1 aromatic carbocycles. The fourth-order valence-electron chi connectivity index (χ4n) is 3.05. The van der Waals surface area contributed by atoms with Crippen LogP contribution in [0.15, 0.2) is 12.1 Å². The second-order valence-corrected chi connectivity index (χ2v) is 6.83. The lowest BCUT2D eigenvalue weighted by Gasteiger charge is -2.11. The first-order valence-electron chi connectivity index (χ1n) is 6.64. The standard InChI is InChI=1S/C16H21ClO3/c1-15(2)14(16(15,3)4)13(18)9-7-11(19-5)12(20-6)8-10(9)17/h7-8,14H,1-6H3. The highest BCUT2D eigenvalue weighted by molar-refractivity contribution is 6.34. The van der Waals surface area contributed by atoms with Gasteiger partial charge in [-0.3, -0.25) is 4.79 Å². The van der Waals surface area contributed by atoms with Crippen LogP contribution in [0.4, 0.5) is 0 Å². The molecule has 20 heavy (non-hydrogen) atoms. The minimum Gasteiger partial charge on any atom is -0.493 e. The molecule has 0 atom stereocenters. The number of halogens is 1. The van der Waals surface area contributed by atoms with Crippen LogP contribution >= 0.6 is 11.6 Å². The first-order chi connectivity index (χ1) is 9.18. The van der Waals surface area contributed by atoms with E-state index in [2.05, 4.69) is 27.7 Å². The van der Waals surface area contributed by atoms with E-state index in [4.69, 9.17) is 21.1 Å². The molecule has 0 saturated heterocycles. The lowest BCUT2D eigenvalue weighted by molar-refractivity contribution is 0.0945. The number of Topliss-reactive ketones (excluding diaryl/α,β-unsaturated/α-hetero) is 1. The van der Waals surface area contributed by atoms with Gasteiger partial charge in [-0.05, 0) is 16.9 Å². The van der Waals surface area contributed by atoms with Crippen molar-refractivity contribution >= 4 is 17.4 Å². The molecule has 2 rings (SSSR count). The Morgan fingerprint density at radius 2 is 1.50 bits per heavy atom. The second-order valence-electron chi connectivity index (χ2n) is 6.43. The van der Waals surface area contributed by atoms with Gasteiger partial charge in [0.15, 0.2) is 17.3 Å². The highest BCUT2D eigenvalue weighted by Gasteiger charge is 2.68. The largest absolute Gasteiger partial charge is 0.493 e. The van der Waals surface area contributed by atoms with Crippen LogP contribution < -0.4 is 9.47 Å². The van der Waals surface area contributed by atoms with E-state index < -0.39 is 0 Å². The third kappa shape index (κ3) is 1.99. The summed E-state index contributed by atoms with van der Waals surface area (Å²) >= 11 is 6.23. The minimum atomic E-state index is -0.0226. The zero-order valence-corrected chi connectivity index (χ0v) is 13.6. The average molecular weight is 297 g/mol. The van der Waals surface area contributed by atoms with Crippen molar-refractivity contribution < 1.29 is 14.3 Å². The van der Waals surface area contributed by atoms with Gasteiger partial charge in [0.1, 0.15) is 0 Å². The third-order valence-electron chi connectivity index (χ3n) is 5.02. The summed E-state index contributed by atoms with van der Waals surface area (Å²) in [4.78, 5) is 12.7. The summed E-state index contributed by atoms with van der Waals surface area (Å²) in [6.07, 6.45) is 0. The second kappa shape index (κ2) is 4.66. The van der Waals surface area contributed by atoms with Gasteiger partial charge in [0.25, 0.3) is 0 Å². The van der Waals surface area contributed by atoms with E-state index in [1.807, 2.05) is 0 Å². The van der Waals surface area contributed by atoms with E-state index in [1.54, 1.807) is 26.4 Å². The number of rotatable bonds is 4. The molecule has 110 valence electrons. The lowest BCUT2D eigenvalue weighted by Crippen LogP contribution is -2.09. The van der Waals surface area contributed by atoms with Crippen LogP contribution in [-0.2, 0) is 0 Å². The zero-order valence-electron chi connectivity index (χ0n) is 12.8. The Hall–Kier alpha value is -1.22. The fourth-order valence-corrected chi connectivity index (χ4v) is 3.30. The van der Waals surface area contributed by atoms with Crippen molar-refractivity contribution in [3.63, 3.8) is 0 Å². The third-order valence-corrected chi connectivity index (χ3v) is 5.33. The van der Waals surface area contributed by atoms with E-state index in [-0.39, 0.29) is 22.5 Å².